The number of aromatic nitrogens is 6. The minimum atomic E-state index is -3.32. The van der Waals surface area contributed by atoms with Crippen LogP contribution in [0.3, 0.4) is 0 Å². The van der Waals surface area contributed by atoms with Gasteiger partial charge in [-0.05, 0) is 43.0 Å². The standard InChI is InChI=1S/C23H25N7O3S/c1-3-16-13-25-23(26-14-16)29-9-7-17(8-10-29)30-21-15-24-22(12-20(21)27-28-30)33-18-5-4-6-19(11-18)34(2,31)32/h4-6,11-15,17H,3,7-10H2,1-2H3. The van der Waals surface area contributed by atoms with Crippen molar-refractivity contribution in [2.45, 2.75) is 37.1 Å². The molecule has 0 saturated carbocycles. The van der Waals surface area contributed by atoms with Crippen LogP contribution >= 0.6 is 0 Å². The lowest BCUT2D eigenvalue weighted by Crippen LogP contribution is -2.36. The van der Waals surface area contributed by atoms with Gasteiger partial charge in [0.1, 0.15) is 16.8 Å². The Bertz CT molecular complexity index is 1410. The van der Waals surface area contributed by atoms with Gasteiger partial charge in [-0.15, -0.1) is 5.10 Å². The largest absolute Gasteiger partial charge is 0.439 e. The molecule has 5 rings (SSSR count). The second-order valence-electron chi connectivity index (χ2n) is 8.36. The molecule has 4 heterocycles. The van der Waals surface area contributed by atoms with E-state index in [1.165, 1.54) is 12.1 Å². The van der Waals surface area contributed by atoms with Crippen molar-refractivity contribution >= 4 is 26.8 Å². The molecule has 10 nitrogen and oxygen atoms in total. The number of ether oxygens (including phenoxy) is 1. The van der Waals surface area contributed by atoms with Crippen LogP contribution in [0.4, 0.5) is 5.95 Å². The summed E-state index contributed by atoms with van der Waals surface area (Å²) in [6.07, 6.45) is 9.36. The van der Waals surface area contributed by atoms with Crippen LogP contribution in [0, 0.1) is 0 Å². The number of anilines is 1. The summed E-state index contributed by atoms with van der Waals surface area (Å²) in [4.78, 5) is 15.8. The van der Waals surface area contributed by atoms with Gasteiger partial charge < -0.3 is 9.64 Å². The number of nitrogens with zero attached hydrogens (tertiary/aromatic N) is 7. The van der Waals surface area contributed by atoms with Crippen molar-refractivity contribution < 1.29 is 13.2 Å². The second-order valence-corrected chi connectivity index (χ2v) is 10.4. The van der Waals surface area contributed by atoms with Crippen molar-refractivity contribution in [3.63, 3.8) is 0 Å². The average molecular weight is 480 g/mol. The van der Waals surface area contributed by atoms with E-state index >= 15 is 0 Å². The molecule has 3 aromatic heterocycles. The quantitative estimate of drug-likeness (QED) is 0.411. The fraction of sp³-hybridized carbons (Fsp3) is 0.348. The molecule has 1 aliphatic heterocycles. The molecule has 4 aromatic rings. The van der Waals surface area contributed by atoms with E-state index in [0.29, 0.717) is 17.1 Å². The number of sulfone groups is 1. The van der Waals surface area contributed by atoms with Gasteiger partial charge in [0.05, 0.1) is 17.1 Å². The number of pyridine rings is 1. The van der Waals surface area contributed by atoms with E-state index < -0.39 is 9.84 Å². The molecule has 0 atom stereocenters. The third-order valence-corrected chi connectivity index (χ3v) is 7.09. The summed E-state index contributed by atoms with van der Waals surface area (Å²) in [7, 11) is -3.32. The number of piperidine rings is 1. The van der Waals surface area contributed by atoms with Crippen molar-refractivity contribution in [2.24, 2.45) is 0 Å². The van der Waals surface area contributed by atoms with Crippen LogP contribution in [0.25, 0.3) is 11.0 Å². The van der Waals surface area contributed by atoms with Gasteiger partial charge >= 0.3 is 0 Å². The van der Waals surface area contributed by atoms with E-state index in [-0.39, 0.29) is 10.9 Å². The van der Waals surface area contributed by atoms with E-state index in [2.05, 4.69) is 37.1 Å². The first-order chi connectivity index (χ1) is 16.4. The summed E-state index contributed by atoms with van der Waals surface area (Å²) in [5.41, 5.74) is 2.64. The number of fused-ring (bicyclic) bond motifs is 1. The van der Waals surface area contributed by atoms with E-state index in [4.69, 9.17) is 4.74 Å². The van der Waals surface area contributed by atoms with Crippen LogP contribution < -0.4 is 9.64 Å². The van der Waals surface area contributed by atoms with Crippen molar-refractivity contribution in [2.75, 3.05) is 24.2 Å². The second kappa shape index (κ2) is 8.98. The molecule has 0 amide bonds. The van der Waals surface area contributed by atoms with E-state index in [1.54, 1.807) is 24.4 Å². The predicted octanol–water partition coefficient (Wildman–Crippen LogP) is 3.22. The number of rotatable bonds is 6. The first-order valence-corrected chi connectivity index (χ1v) is 13.0. The van der Waals surface area contributed by atoms with Crippen molar-refractivity contribution in [3.8, 4) is 11.6 Å². The lowest BCUT2D eigenvalue weighted by Gasteiger charge is -2.32. The summed E-state index contributed by atoms with van der Waals surface area (Å²) < 4.78 is 31.3. The maximum absolute atomic E-state index is 11.8. The summed E-state index contributed by atoms with van der Waals surface area (Å²) >= 11 is 0. The van der Waals surface area contributed by atoms with Crippen molar-refractivity contribution in [3.05, 3.63) is 54.5 Å². The van der Waals surface area contributed by atoms with Gasteiger partial charge in [-0.1, -0.05) is 18.2 Å². The third-order valence-electron chi connectivity index (χ3n) is 5.98. The Balaban J connectivity index is 1.29. The Morgan fingerprint density at radius 2 is 1.82 bits per heavy atom. The monoisotopic (exact) mass is 479 g/mol. The van der Waals surface area contributed by atoms with Crippen LogP contribution in [-0.4, -0.2) is 57.7 Å². The lowest BCUT2D eigenvalue weighted by atomic mass is 10.1. The zero-order chi connectivity index (χ0) is 23.7. The van der Waals surface area contributed by atoms with Gasteiger partial charge in [0.2, 0.25) is 11.8 Å². The fourth-order valence-electron chi connectivity index (χ4n) is 4.04. The SMILES string of the molecule is CCc1cnc(N2CCC(n3nnc4cc(Oc5cccc(S(C)(=O)=O)c5)ncc43)CC2)nc1. The van der Waals surface area contributed by atoms with Gasteiger partial charge in [0.15, 0.2) is 9.84 Å². The summed E-state index contributed by atoms with van der Waals surface area (Å²) in [5.74, 6) is 1.49. The number of hydrogen-bond acceptors (Lipinski definition) is 9. The molecular weight excluding hydrogens is 454 g/mol. The Morgan fingerprint density at radius 3 is 2.53 bits per heavy atom. The molecule has 34 heavy (non-hydrogen) atoms. The van der Waals surface area contributed by atoms with Crippen LogP contribution in [-0.2, 0) is 16.3 Å². The van der Waals surface area contributed by atoms with Crippen LogP contribution in [0.1, 0.15) is 31.4 Å². The molecule has 1 fully saturated rings. The summed E-state index contributed by atoms with van der Waals surface area (Å²) in [6.45, 7) is 3.76. The predicted molar refractivity (Wildman–Crippen MR) is 127 cm³/mol. The van der Waals surface area contributed by atoms with E-state index in [9.17, 15) is 8.42 Å². The molecule has 0 bridgehead atoms. The molecule has 1 saturated heterocycles. The molecule has 11 heteroatoms. The molecular formula is C23H25N7O3S. The zero-order valence-electron chi connectivity index (χ0n) is 19.0. The van der Waals surface area contributed by atoms with E-state index in [1.807, 2.05) is 17.1 Å². The Labute approximate surface area is 197 Å². The zero-order valence-corrected chi connectivity index (χ0v) is 19.8. The third kappa shape index (κ3) is 4.56. The van der Waals surface area contributed by atoms with E-state index in [0.717, 1.165) is 55.6 Å². The molecule has 176 valence electrons. The Morgan fingerprint density at radius 1 is 1.06 bits per heavy atom. The minimum absolute atomic E-state index is 0.190. The number of aryl methyl sites for hydroxylation is 1. The van der Waals surface area contributed by atoms with Crippen LogP contribution in [0.2, 0.25) is 0 Å². The Kier molecular flexibility index (Phi) is 5.86. The first kappa shape index (κ1) is 22.2. The molecule has 0 aliphatic carbocycles. The van der Waals surface area contributed by atoms with Crippen molar-refractivity contribution in [1.82, 2.24) is 29.9 Å². The maximum Gasteiger partial charge on any atom is 0.225 e. The molecule has 0 radical (unpaired) electrons. The van der Waals surface area contributed by atoms with Gasteiger partial charge in [0, 0.05) is 37.8 Å². The summed E-state index contributed by atoms with van der Waals surface area (Å²) in [5, 5.41) is 8.68. The van der Waals surface area contributed by atoms with Gasteiger partial charge in [-0.25, -0.2) is 28.1 Å². The molecule has 1 aliphatic rings. The van der Waals surface area contributed by atoms with Crippen molar-refractivity contribution in [1.29, 1.82) is 0 Å². The summed E-state index contributed by atoms with van der Waals surface area (Å²) in [6, 6.07) is 8.24. The van der Waals surface area contributed by atoms with Crippen LogP contribution in [0.5, 0.6) is 11.6 Å². The van der Waals surface area contributed by atoms with Gasteiger partial charge in [-0.3, -0.25) is 0 Å². The molecule has 0 spiro atoms. The fourth-order valence-corrected chi connectivity index (χ4v) is 4.70. The Hall–Kier alpha value is -3.60. The first-order valence-electron chi connectivity index (χ1n) is 11.2. The topological polar surface area (TPSA) is 116 Å². The molecule has 0 unspecified atom stereocenters. The highest BCUT2D eigenvalue weighted by molar-refractivity contribution is 7.90. The molecule has 0 N–H and O–H groups in total. The normalized spacial score (nSPS) is 15.1. The van der Waals surface area contributed by atoms with Gasteiger partial charge in [-0.2, -0.15) is 0 Å². The number of hydrogen-bond donors (Lipinski definition) is 0. The van der Waals surface area contributed by atoms with Gasteiger partial charge in [0.25, 0.3) is 0 Å². The lowest BCUT2D eigenvalue weighted by molar-refractivity contribution is 0.366. The highest BCUT2D eigenvalue weighted by Crippen LogP contribution is 2.29. The minimum Gasteiger partial charge on any atom is -0.439 e. The smallest absolute Gasteiger partial charge is 0.225 e. The highest BCUT2D eigenvalue weighted by Gasteiger charge is 2.24. The van der Waals surface area contributed by atoms with Crippen LogP contribution in [0.15, 0.2) is 53.8 Å². The average Bonchev–Trinajstić information content (AvgIpc) is 3.27. The molecule has 1 aromatic carbocycles. The number of benzene rings is 1. The highest BCUT2D eigenvalue weighted by atomic mass is 32.2. The maximum atomic E-state index is 11.8.